The Labute approximate surface area is 198 Å². The van der Waals surface area contributed by atoms with Gasteiger partial charge in [-0.3, -0.25) is 9.10 Å². The van der Waals surface area contributed by atoms with Crippen molar-refractivity contribution < 1.29 is 31.1 Å². The average Bonchev–Trinajstić information content (AvgIpc) is 2.68. The number of ether oxygens (including phenoxy) is 1. The van der Waals surface area contributed by atoms with E-state index in [-0.39, 0.29) is 11.1 Å². The van der Waals surface area contributed by atoms with Gasteiger partial charge in [0.15, 0.2) is 0 Å². The number of alkyl halides is 3. The van der Waals surface area contributed by atoms with Crippen LogP contribution >= 0.6 is 23.4 Å². The normalized spacial score (nSPS) is 14.7. The molecule has 1 aliphatic heterocycles. The maximum absolute atomic E-state index is 13.1. The Balaban J connectivity index is 1.70. The molecule has 1 aliphatic rings. The van der Waals surface area contributed by atoms with E-state index in [0.717, 1.165) is 29.9 Å². The maximum Gasteiger partial charge on any atom is 0.416 e. The van der Waals surface area contributed by atoms with Gasteiger partial charge < -0.3 is 4.74 Å². The lowest BCUT2D eigenvalue weighted by atomic mass is 10.2. The van der Waals surface area contributed by atoms with Gasteiger partial charge in [-0.2, -0.15) is 30.0 Å². The minimum Gasteiger partial charge on any atom is -0.489 e. The molecule has 0 radical (unpaired) electrons. The number of sulfonamides is 1. The molecule has 178 valence electrons. The number of nitrogens with zero attached hydrogens (tertiary/aromatic N) is 2. The number of halogens is 4. The van der Waals surface area contributed by atoms with Crippen molar-refractivity contribution in [3.8, 4) is 5.75 Å². The number of hydrogen-bond donors (Lipinski definition) is 1. The van der Waals surface area contributed by atoms with Crippen LogP contribution in [0, 0.1) is 0 Å². The Hall–Kier alpha value is -2.44. The van der Waals surface area contributed by atoms with Gasteiger partial charge in [0, 0.05) is 11.5 Å². The van der Waals surface area contributed by atoms with Gasteiger partial charge in [0.2, 0.25) is 10.0 Å². The summed E-state index contributed by atoms with van der Waals surface area (Å²) in [6, 6.07) is 9.22. The van der Waals surface area contributed by atoms with E-state index in [0.29, 0.717) is 21.7 Å². The van der Waals surface area contributed by atoms with E-state index in [2.05, 4.69) is 10.5 Å². The van der Waals surface area contributed by atoms with Crippen molar-refractivity contribution in [2.24, 2.45) is 5.10 Å². The predicted octanol–water partition coefficient (Wildman–Crippen LogP) is 3.77. The first-order valence-electron chi connectivity index (χ1n) is 9.44. The molecule has 1 amide bonds. The van der Waals surface area contributed by atoms with Gasteiger partial charge in [0.1, 0.15) is 18.4 Å². The van der Waals surface area contributed by atoms with Gasteiger partial charge in [0.25, 0.3) is 5.91 Å². The molecule has 3 rings (SSSR count). The molecule has 0 spiro atoms. The second-order valence-corrected chi connectivity index (χ2v) is 10.5. The third kappa shape index (κ3) is 7.02. The summed E-state index contributed by atoms with van der Waals surface area (Å²) in [7, 11) is -4.14. The maximum atomic E-state index is 13.1. The highest BCUT2D eigenvalue weighted by Gasteiger charge is 2.33. The van der Waals surface area contributed by atoms with Crippen molar-refractivity contribution in [2.45, 2.75) is 12.3 Å². The van der Waals surface area contributed by atoms with Crippen molar-refractivity contribution in [3.05, 3.63) is 58.6 Å². The molecule has 1 heterocycles. The van der Waals surface area contributed by atoms with Gasteiger partial charge in [0.05, 0.1) is 28.7 Å². The molecule has 0 aliphatic carbocycles. The first kappa shape index (κ1) is 25.2. The van der Waals surface area contributed by atoms with Crippen LogP contribution in [0.3, 0.4) is 0 Å². The largest absolute Gasteiger partial charge is 0.489 e. The number of rotatable bonds is 8. The number of carbonyl (C=O) groups excluding carboxylic acids is 1. The summed E-state index contributed by atoms with van der Waals surface area (Å²) < 4.78 is 69.8. The standard InChI is InChI=1S/C20H19ClF3N3O4S2/c1-33(29,30)27(18-8-14(20(22,23)24)5-6-17(18)21)10-19(28)26-25-9-13-3-2-4-15(7-13)31-16-11-32-12-16/h2-9,16H,10-12H2,1H3,(H,26,28)/b25-9-. The van der Waals surface area contributed by atoms with E-state index in [4.69, 9.17) is 16.3 Å². The second-order valence-electron chi connectivity index (χ2n) is 7.08. The van der Waals surface area contributed by atoms with Crippen molar-refractivity contribution >= 4 is 51.2 Å². The average molecular weight is 522 g/mol. The minimum atomic E-state index is -4.72. The molecule has 1 fully saturated rings. The first-order valence-corrected chi connectivity index (χ1v) is 12.8. The Kier molecular flexibility index (Phi) is 7.80. The number of amides is 1. The van der Waals surface area contributed by atoms with Gasteiger partial charge in [-0.1, -0.05) is 23.7 Å². The quantitative estimate of drug-likeness (QED) is 0.422. The number of hydrogen-bond acceptors (Lipinski definition) is 6. The summed E-state index contributed by atoms with van der Waals surface area (Å²) >= 11 is 7.72. The highest BCUT2D eigenvalue weighted by molar-refractivity contribution is 8.00. The van der Waals surface area contributed by atoms with Crippen LogP contribution in [0.4, 0.5) is 18.9 Å². The third-order valence-electron chi connectivity index (χ3n) is 4.40. The molecule has 1 saturated heterocycles. The zero-order valence-electron chi connectivity index (χ0n) is 17.2. The molecule has 0 bridgehead atoms. The van der Waals surface area contributed by atoms with Crippen molar-refractivity contribution in [3.63, 3.8) is 0 Å². The van der Waals surface area contributed by atoms with Gasteiger partial charge in [-0.05, 0) is 35.9 Å². The zero-order valence-corrected chi connectivity index (χ0v) is 19.6. The molecule has 33 heavy (non-hydrogen) atoms. The molecule has 0 saturated carbocycles. The molecule has 2 aromatic rings. The van der Waals surface area contributed by atoms with Crippen LogP contribution < -0.4 is 14.5 Å². The van der Waals surface area contributed by atoms with E-state index < -0.39 is 39.9 Å². The summed E-state index contributed by atoms with van der Waals surface area (Å²) in [6.45, 7) is -0.820. The van der Waals surface area contributed by atoms with Gasteiger partial charge in [-0.15, -0.1) is 0 Å². The second kappa shape index (κ2) is 10.2. The fraction of sp³-hybridized carbons (Fsp3) is 0.300. The van der Waals surface area contributed by atoms with Crippen molar-refractivity contribution in [1.29, 1.82) is 0 Å². The highest BCUT2D eigenvalue weighted by Crippen LogP contribution is 2.36. The summed E-state index contributed by atoms with van der Waals surface area (Å²) in [4.78, 5) is 12.3. The number of anilines is 1. The topological polar surface area (TPSA) is 88.1 Å². The van der Waals surface area contributed by atoms with Crippen LogP contribution in [0.15, 0.2) is 47.6 Å². The fourth-order valence-electron chi connectivity index (χ4n) is 2.75. The van der Waals surface area contributed by atoms with E-state index in [1.54, 1.807) is 36.0 Å². The molecule has 0 atom stereocenters. The third-order valence-corrected chi connectivity index (χ3v) is 7.06. The molecular weight excluding hydrogens is 503 g/mol. The monoisotopic (exact) mass is 521 g/mol. The number of hydrazone groups is 1. The Morgan fingerprint density at radius 3 is 2.64 bits per heavy atom. The van der Waals surface area contributed by atoms with Crippen molar-refractivity contribution in [1.82, 2.24) is 5.43 Å². The van der Waals surface area contributed by atoms with E-state index in [1.807, 2.05) is 0 Å². The van der Waals surface area contributed by atoms with Gasteiger partial charge in [-0.25, -0.2) is 13.8 Å². The van der Waals surface area contributed by atoms with Crippen molar-refractivity contribution in [2.75, 3.05) is 28.6 Å². The molecule has 0 unspecified atom stereocenters. The van der Waals surface area contributed by atoms with Gasteiger partial charge >= 0.3 is 6.18 Å². The molecule has 13 heteroatoms. The predicted molar refractivity (Wildman–Crippen MR) is 123 cm³/mol. The van der Waals surface area contributed by atoms with Crippen LogP contribution in [0.1, 0.15) is 11.1 Å². The molecule has 2 aromatic carbocycles. The lowest BCUT2D eigenvalue weighted by Crippen LogP contribution is -2.39. The number of thioether (sulfide) groups is 1. The lowest BCUT2D eigenvalue weighted by molar-refractivity contribution is -0.137. The van der Waals surface area contributed by atoms with Crippen LogP contribution in [0.5, 0.6) is 5.75 Å². The number of carbonyl (C=O) groups is 1. The lowest BCUT2D eigenvalue weighted by Gasteiger charge is -2.25. The summed E-state index contributed by atoms with van der Waals surface area (Å²) in [5.74, 6) is 1.62. The minimum absolute atomic E-state index is 0.159. The summed E-state index contributed by atoms with van der Waals surface area (Å²) in [5.41, 5.74) is 1.22. The number of benzene rings is 2. The Bertz CT molecular complexity index is 1160. The first-order chi connectivity index (χ1) is 15.4. The van der Waals surface area contributed by atoms with E-state index in [1.165, 1.54) is 6.21 Å². The Morgan fingerprint density at radius 2 is 2.03 bits per heavy atom. The Morgan fingerprint density at radius 1 is 1.30 bits per heavy atom. The van der Waals surface area contributed by atoms with Crippen LogP contribution in [0.25, 0.3) is 0 Å². The fourth-order valence-corrected chi connectivity index (χ4v) is 4.44. The number of nitrogens with one attached hydrogen (secondary N) is 1. The molecule has 1 N–H and O–H groups in total. The smallest absolute Gasteiger partial charge is 0.416 e. The molecule has 0 aromatic heterocycles. The van der Waals surface area contributed by atoms with Crippen LogP contribution in [0.2, 0.25) is 5.02 Å². The SMILES string of the molecule is CS(=O)(=O)N(CC(=O)N/N=C\c1cccc(OC2CSC2)c1)c1cc(C(F)(F)F)ccc1Cl. The summed E-state index contributed by atoms with van der Waals surface area (Å²) in [5, 5.41) is 3.53. The van der Waals surface area contributed by atoms with Crippen LogP contribution in [-0.2, 0) is 21.0 Å². The van der Waals surface area contributed by atoms with Crippen LogP contribution in [-0.4, -0.2) is 50.9 Å². The molecule has 7 nitrogen and oxygen atoms in total. The summed E-state index contributed by atoms with van der Waals surface area (Å²) in [6.07, 6.45) is -2.47. The highest BCUT2D eigenvalue weighted by atomic mass is 35.5. The molecular formula is C20H19ClF3N3O4S2. The van der Waals surface area contributed by atoms with E-state index >= 15 is 0 Å². The van der Waals surface area contributed by atoms with E-state index in [9.17, 15) is 26.4 Å². The zero-order chi connectivity index (χ0) is 24.2.